The van der Waals surface area contributed by atoms with Gasteiger partial charge in [0.2, 0.25) is 0 Å². The first-order valence-corrected chi connectivity index (χ1v) is 6.15. The summed E-state index contributed by atoms with van der Waals surface area (Å²) < 4.78 is 1.15. The molecule has 15 heavy (non-hydrogen) atoms. The van der Waals surface area contributed by atoms with Crippen LogP contribution in [0.2, 0.25) is 0 Å². The molecule has 1 aromatic carbocycles. The lowest BCUT2D eigenvalue weighted by Gasteiger charge is -2.45. The summed E-state index contributed by atoms with van der Waals surface area (Å²) in [5.41, 5.74) is 2.70. The fraction of sp³-hybridized carbons (Fsp3) is 0.500. The Morgan fingerprint density at radius 1 is 1.47 bits per heavy atom. The normalized spacial score (nSPS) is 18.3. The smallest absolute Gasteiger partial charge is 0.0723 e. The number of para-hydroxylation sites is 1. The zero-order valence-corrected chi connectivity index (χ0v) is 11.1. The molecule has 82 valence electrons. The third-order valence-electron chi connectivity index (χ3n) is 3.03. The number of nitrogens with zero attached hydrogens (tertiary/aromatic N) is 1. The lowest BCUT2D eigenvalue weighted by Crippen LogP contribution is -2.52. The summed E-state index contributed by atoms with van der Waals surface area (Å²) in [4.78, 5) is 2.45. The number of halogens is 1. The van der Waals surface area contributed by atoms with Gasteiger partial charge in [-0.25, -0.2) is 0 Å². The van der Waals surface area contributed by atoms with Crippen molar-refractivity contribution in [2.24, 2.45) is 0 Å². The Balaban J connectivity index is 2.51. The summed E-state index contributed by atoms with van der Waals surface area (Å²) >= 11 is 3.59. The maximum Gasteiger partial charge on any atom is 0.0723 e. The zero-order valence-electron chi connectivity index (χ0n) is 9.47. The number of rotatable bonds is 1. The predicted octanol–water partition coefficient (Wildman–Crippen LogP) is 3.48. The molecule has 0 aliphatic carbocycles. The molecule has 0 amide bonds. The van der Waals surface area contributed by atoms with Crippen LogP contribution in [-0.2, 0) is 0 Å². The predicted molar refractivity (Wildman–Crippen MR) is 69.7 cm³/mol. The molecule has 3 heteroatoms. The van der Waals surface area contributed by atoms with Gasteiger partial charge in [-0.05, 0) is 48.8 Å². The zero-order chi connectivity index (χ0) is 11.1. The van der Waals surface area contributed by atoms with Gasteiger partial charge in [-0.15, -0.1) is 0 Å². The fourth-order valence-corrected chi connectivity index (χ4v) is 2.73. The number of hydrogen-bond donors (Lipinski definition) is 1. The van der Waals surface area contributed by atoms with Crippen molar-refractivity contribution in [1.29, 1.82) is 0 Å². The van der Waals surface area contributed by atoms with Crippen molar-refractivity contribution < 1.29 is 0 Å². The van der Waals surface area contributed by atoms with E-state index in [0.29, 0.717) is 0 Å². The number of likely N-dealkylation sites (N-methyl/N-ethyl adjacent to an activating group) is 1. The van der Waals surface area contributed by atoms with E-state index in [2.05, 4.69) is 65.1 Å². The highest BCUT2D eigenvalue weighted by molar-refractivity contribution is 9.10. The number of anilines is 2. The molecule has 0 spiro atoms. The summed E-state index contributed by atoms with van der Waals surface area (Å²) in [5.74, 6) is 0. The number of hydrogen-bond acceptors (Lipinski definition) is 2. The van der Waals surface area contributed by atoms with E-state index in [9.17, 15) is 0 Å². The van der Waals surface area contributed by atoms with Crippen molar-refractivity contribution in [3.8, 4) is 0 Å². The quantitative estimate of drug-likeness (QED) is 0.839. The number of nitrogens with one attached hydrogen (secondary N) is 1. The van der Waals surface area contributed by atoms with Gasteiger partial charge in [0.15, 0.2) is 0 Å². The molecule has 1 aliphatic rings. The van der Waals surface area contributed by atoms with Crippen molar-refractivity contribution >= 4 is 27.3 Å². The molecule has 0 bridgehead atoms. The van der Waals surface area contributed by atoms with Crippen LogP contribution in [0.3, 0.4) is 0 Å². The van der Waals surface area contributed by atoms with E-state index in [0.717, 1.165) is 17.6 Å². The second-order valence-electron chi connectivity index (χ2n) is 4.54. The van der Waals surface area contributed by atoms with Crippen LogP contribution in [0.25, 0.3) is 0 Å². The molecule has 1 heterocycles. The first-order chi connectivity index (χ1) is 7.06. The first kappa shape index (κ1) is 10.8. The van der Waals surface area contributed by atoms with Crippen LogP contribution in [0.4, 0.5) is 11.4 Å². The fourth-order valence-electron chi connectivity index (χ4n) is 2.24. The second-order valence-corrected chi connectivity index (χ2v) is 5.40. The van der Waals surface area contributed by atoms with Gasteiger partial charge in [0.1, 0.15) is 0 Å². The van der Waals surface area contributed by atoms with E-state index >= 15 is 0 Å². The van der Waals surface area contributed by atoms with Crippen LogP contribution in [0.5, 0.6) is 0 Å². The highest BCUT2D eigenvalue weighted by Crippen LogP contribution is 2.39. The average Bonchev–Trinajstić information content (AvgIpc) is 2.16. The Morgan fingerprint density at radius 2 is 2.20 bits per heavy atom. The van der Waals surface area contributed by atoms with Gasteiger partial charge in [-0.1, -0.05) is 6.07 Å². The highest BCUT2D eigenvalue weighted by Gasteiger charge is 2.31. The van der Waals surface area contributed by atoms with Crippen LogP contribution in [0.1, 0.15) is 20.8 Å². The minimum atomic E-state index is 0.183. The molecular formula is C12H17BrN2. The SMILES string of the molecule is CCN1c2cccc(Br)c2NCC1(C)C. The third-order valence-corrected chi connectivity index (χ3v) is 3.69. The van der Waals surface area contributed by atoms with E-state index in [-0.39, 0.29) is 5.54 Å². The van der Waals surface area contributed by atoms with Crippen LogP contribution in [0, 0.1) is 0 Å². The van der Waals surface area contributed by atoms with Gasteiger partial charge in [0.25, 0.3) is 0 Å². The molecule has 2 nitrogen and oxygen atoms in total. The molecule has 0 saturated heterocycles. The van der Waals surface area contributed by atoms with Gasteiger partial charge >= 0.3 is 0 Å². The number of benzene rings is 1. The number of fused-ring (bicyclic) bond motifs is 1. The summed E-state index contributed by atoms with van der Waals surface area (Å²) in [6.07, 6.45) is 0. The van der Waals surface area contributed by atoms with Crippen molar-refractivity contribution in [1.82, 2.24) is 0 Å². The lowest BCUT2D eigenvalue weighted by molar-refractivity contribution is 0.480. The molecule has 0 radical (unpaired) electrons. The largest absolute Gasteiger partial charge is 0.380 e. The standard InChI is InChI=1S/C12H17BrN2/c1-4-15-10-7-5-6-9(13)11(10)14-8-12(15,2)3/h5-7,14H,4,8H2,1-3H3. The van der Waals surface area contributed by atoms with Crippen molar-refractivity contribution in [3.05, 3.63) is 22.7 Å². The van der Waals surface area contributed by atoms with E-state index < -0.39 is 0 Å². The highest BCUT2D eigenvalue weighted by atomic mass is 79.9. The first-order valence-electron chi connectivity index (χ1n) is 5.36. The maximum atomic E-state index is 3.59. The average molecular weight is 269 g/mol. The Morgan fingerprint density at radius 3 is 2.87 bits per heavy atom. The van der Waals surface area contributed by atoms with Gasteiger partial charge in [-0.3, -0.25) is 0 Å². The van der Waals surface area contributed by atoms with Gasteiger partial charge in [0.05, 0.1) is 16.9 Å². The molecule has 0 saturated carbocycles. The van der Waals surface area contributed by atoms with Gasteiger partial charge in [0, 0.05) is 17.6 Å². The molecule has 1 aliphatic heterocycles. The van der Waals surface area contributed by atoms with Crippen LogP contribution in [0.15, 0.2) is 22.7 Å². The molecule has 0 atom stereocenters. The summed E-state index contributed by atoms with van der Waals surface area (Å²) in [7, 11) is 0. The topological polar surface area (TPSA) is 15.3 Å². The second kappa shape index (κ2) is 3.71. The Labute approximate surface area is 99.8 Å². The Kier molecular flexibility index (Phi) is 2.67. The van der Waals surface area contributed by atoms with Gasteiger partial charge in [-0.2, -0.15) is 0 Å². The molecule has 0 fully saturated rings. The van der Waals surface area contributed by atoms with E-state index in [1.54, 1.807) is 0 Å². The Bertz CT molecular complexity index is 374. The van der Waals surface area contributed by atoms with Crippen LogP contribution in [-0.4, -0.2) is 18.6 Å². The van der Waals surface area contributed by atoms with E-state index in [4.69, 9.17) is 0 Å². The summed E-state index contributed by atoms with van der Waals surface area (Å²) in [6, 6.07) is 6.35. The minimum absolute atomic E-state index is 0.183. The minimum Gasteiger partial charge on any atom is -0.380 e. The van der Waals surface area contributed by atoms with Crippen LogP contribution >= 0.6 is 15.9 Å². The van der Waals surface area contributed by atoms with E-state index in [1.165, 1.54) is 11.4 Å². The summed E-state index contributed by atoms with van der Waals surface area (Å²) in [6.45, 7) is 8.77. The molecule has 0 unspecified atom stereocenters. The molecule has 2 rings (SSSR count). The molecular weight excluding hydrogens is 252 g/mol. The van der Waals surface area contributed by atoms with Crippen LogP contribution < -0.4 is 10.2 Å². The van der Waals surface area contributed by atoms with Gasteiger partial charge < -0.3 is 10.2 Å². The molecule has 1 aromatic rings. The molecule has 0 aromatic heterocycles. The Hall–Kier alpha value is -0.700. The summed E-state index contributed by atoms with van der Waals surface area (Å²) in [5, 5.41) is 3.50. The maximum absolute atomic E-state index is 3.59. The monoisotopic (exact) mass is 268 g/mol. The van der Waals surface area contributed by atoms with E-state index in [1.807, 2.05) is 0 Å². The van der Waals surface area contributed by atoms with Crippen molar-refractivity contribution in [3.63, 3.8) is 0 Å². The van der Waals surface area contributed by atoms with Crippen molar-refractivity contribution in [2.45, 2.75) is 26.3 Å². The van der Waals surface area contributed by atoms with Crippen molar-refractivity contribution in [2.75, 3.05) is 23.3 Å². The third kappa shape index (κ3) is 1.73. The lowest BCUT2D eigenvalue weighted by atomic mass is 9.98. The molecule has 1 N–H and O–H groups in total.